The number of hydrogen-bond acceptors (Lipinski definition) is 5. The van der Waals surface area contributed by atoms with Crippen LogP contribution < -0.4 is 0 Å². The molecular weight excluding hydrogens is 350 g/mol. The Morgan fingerprint density at radius 2 is 2.15 bits per heavy atom. The number of aliphatic hydroxyl groups excluding tert-OH is 2. The Morgan fingerprint density at radius 3 is 2.50 bits per heavy atom. The zero-order chi connectivity index (χ0) is 15.7. The molecule has 9 heteroatoms. The van der Waals surface area contributed by atoms with Crippen molar-refractivity contribution in [3.63, 3.8) is 0 Å². The van der Waals surface area contributed by atoms with Gasteiger partial charge in [0.25, 0.3) is 0 Å². The quantitative estimate of drug-likeness (QED) is 0.358. The second-order valence-electron chi connectivity index (χ2n) is 5.61. The SMILES string of the molecule is B[C@@H]1O[C@H](CC(C)(CC)OP(=O)(O)[C@H](C)O)[C@@H](O)[C@H]1Br. The van der Waals surface area contributed by atoms with Crippen molar-refractivity contribution in [1.29, 1.82) is 0 Å². The fourth-order valence-corrected chi connectivity index (χ4v) is 3.60. The zero-order valence-electron chi connectivity index (χ0n) is 12.2. The third kappa shape index (κ3) is 4.29. The van der Waals surface area contributed by atoms with Crippen molar-refractivity contribution < 1.29 is 28.9 Å². The second-order valence-corrected chi connectivity index (χ2v) is 8.73. The lowest BCUT2D eigenvalue weighted by Gasteiger charge is -2.34. The number of alkyl halides is 1. The Bertz CT molecular complexity index is 384. The number of aliphatic hydroxyl groups is 2. The van der Waals surface area contributed by atoms with Gasteiger partial charge in [0.2, 0.25) is 0 Å². The molecule has 0 saturated carbocycles. The van der Waals surface area contributed by atoms with Crippen molar-refractivity contribution in [2.75, 3.05) is 0 Å². The van der Waals surface area contributed by atoms with Gasteiger partial charge in [0.1, 0.15) is 7.85 Å². The van der Waals surface area contributed by atoms with E-state index in [1.807, 2.05) is 14.8 Å². The third-order valence-electron chi connectivity index (χ3n) is 3.75. The van der Waals surface area contributed by atoms with Gasteiger partial charge in [0, 0.05) is 12.4 Å². The predicted octanol–water partition coefficient (Wildman–Crippen LogP) is 0.568. The standard InChI is InChI=1S/C11H23BBrO6P/c1-4-11(3,19-20(16,17)6(2)14)5-7-9(15)8(13)10(12)18-7/h6-10,14-15H,4-5,12H2,1-3H3,(H,16,17)/t6-,7-,8-,9-,10-,11?/m1/s1. The molecule has 118 valence electrons. The van der Waals surface area contributed by atoms with E-state index in [0.717, 1.165) is 0 Å². The number of ether oxygens (including phenoxy) is 1. The first-order chi connectivity index (χ1) is 9.02. The van der Waals surface area contributed by atoms with Gasteiger partial charge in [-0.3, -0.25) is 4.57 Å². The Kier molecular flexibility index (Phi) is 6.31. The summed E-state index contributed by atoms with van der Waals surface area (Å²) >= 11 is 3.36. The van der Waals surface area contributed by atoms with Crippen molar-refractivity contribution in [3.05, 3.63) is 0 Å². The van der Waals surface area contributed by atoms with Gasteiger partial charge in [-0.05, 0) is 20.3 Å². The number of halogens is 1. The topological polar surface area (TPSA) is 96.2 Å². The number of rotatable bonds is 6. The van der Waals surface area contributed by atoms with Gasteiger partial charge in [0.15, 0.2) is 5.85 Å². The van der Waals surface area contributed by atoms with Crippen LogP contribution in [0.15, 0.2) is 0 Å². The molecular formula is C11H23BBrO6P. The minimum absolute atomic E-state index is 0.145. The molecule has 1 fully saturated rings. The van der Waals surface area contributed by atoms with Gasteiger partial charge >= 0.3 is 7.60 Å². The van der Waals surface area contributed by atoms with Gasteiger partial charge in [-0.2, -0.15) is 0 Å². The Hall–Kier alpha value is 0.575. The van der Waals surface area contributed by atoms with E-state index in [2.05, 4.69) is 15.9 Å². The van der Waals surface area contributed by atoms with E-state index in [4.69, 9.17) is 9.26 Å². The first-order valence-corrected chi connectivity index (χ1v) is 9.27. The maximum absolute atomic E-state index is 11.8. The lowest BCUT2D eigenvalue weighted by Crippen LogP contribution is -2.38. The van der Waals surface area contributed by atoms with Crippen LogP contribution in [0.25, 0.3) is 0 Å². The summed E-state index contributed by atoms with van der Waals surface area (Å²) in [6.45, 7) is 4.72. The van der Waals surface area contributed by atoms with E-state index in [1.165, 1.54) is 6.92 Å². The molecule has 20 heavy (non-hydrogen) atoms. The van der Waals surface area contributed by atoms with Crippen molar-refractivity contribution in [2.24, 2.45) is 0 Å². The summed E-state index contributed by atoms with van der Waals surface area (Å²) in [6, 6.07) is -0.145. The van der Waals surface area contributed by atoms with Gasteiger partial charge in [-0.15, -0.1) is 0 Å². The monoisotopic (exact) mass is 372 g/mol. The summed E-state index contributed by atoms with van der Waals surface area (Å²) in [5.74, 6) is -1.45. The summed E-state index contributed by atoms with van der Waals surface area (Å²) in [5.41, 5.74) is -0.955. The van der Waals surface area contributed by atoms with E-state index in [-0.39, 0.29) is 17.3 Å². The lowest BCUT2D eigenvalue weighted by molar-refractivity contribution is -0.0372. The molecule has 0 amide bonds. The van der Waals surface area contributed by atoms with Gasteiger partial charge < -0.3 is 24.4 Å². The molecule has 3 N–H and O–H groups in total. The highest BCUT2D eigenvalue weighted by molar-refractivity contribution is 9.09. The normalized spacial score (nSPS) is 38.1. The molecule has 1 heterocycles. The molecule has 0 aromatic heterocycles. The summed E-state index contributed by atoms with van der Waals surface area (Å²) in [4.78, 5) is 9.50. The largest absolute Gasteiger partial charge is 0.389 e. The van der Waals surface area contributed by atoms with Crippen molar-refractivity contribution in [3.8, 4) is 0 Å². The van der Waals surface area contributed by atoms with E-state index in [1.54, 1.807) is 6.92 Å². The second kappa shape index (κ2) is 6.77. The molecule has 0 aliphatic carbocycles. The summed E-state index contributed by atoms with van der Waals surface area (Å²) < 4.78 is 22.8. The lowest BCUT2D eigenvalue weighted by atomic mass is 9.91. The first-order valence-electron chi connectivity index (χ1n) is 6.71. The van der Waals surface area contributed by atoms with Crippen LogP contribution in [-0.4, -0.2) is 57.4 Å². The molecule has 0 aromatic carbocycles. The average molecular weight is 373 g/mol. The Morgan fingerprint density at radius 1 is 1.60 bits per heavy atom. The highest BCUT2D eigenvalue weighted by Crippen LogP contribution is 2.51. The Labute approximate surface area is 128 Å². The Balaban J connectivity index is 2.78. The van der Waals surface area contributed by atoms with E-state index >= 15 is 0 Å². The van der Waals surface area contributed by atoms with Crippen LogP contribution in [0.2, 0.25) is 0 Å². The molecule has 1 saturated heterocycles. The molecule has 0 bridgehead atoms. The molecule has 0 spiro atoms. The molecule has 1 aliphatic rings. The van der Waals surface area contributed by atoms with Crippen molar-refractivity contribution >= 4 is 31.4 Å². The van der Waals surface area contributed by atoms with Crippen LogP contribution in [-0.2, 0) is 13.8 Å². The highest BCUT2D eigenvalue weighted by atomic mass is 79.9. The van der Waals surface area contributed by atoms with E-state index in [9.17, 15) is 19.7 Å². The number of hydrogen-bond donors (Lipinski definition) is 3. The fourth-order valence-electron chi connectivity index (χ4n) is 2.15. The molecule has 7 atom stereocenters. The van der Waals surface area contributed by atoms with Crippen LogP contribution in [0, 0.1) is 0 Å². The maximum Gasteiger partial charge on any atom is 0.356 e. The van der Waals surface area contributed by atoms with Gasteiger partial charge in [-0.1, -0.05) is 22.9 Å². The average Bonchev–Trinajstić information content (AvgIpc) is 2.56. The third-order valence-corrected chi connectivity index (χ3v) is 6.68. The van der Waals surface area contributed by atoms with Crippen LogP contribution in [0.3, 0.4) is 0 Å². The van der Waals surface area contributed by atoms with Crippen LogP contribution in [0.1, 0.15) is 33.6 Å². The van der Waals surface area contributed by atoms with Gasteiger partial charge in [-0.25, -0.2) is 0 Å². The molecule has 1 aliphatic heterocycles. The minimum Gasteiger partial charge on any atom is -0.389 e. The molecule has 1 rings (SSSR count). The smallest absolute Gasteiger partial charge is 0.356 e. The summed E-state index contributed by atoms with van der Waals surface area (Å²) in [5, 5.41) is 19.4. The zero-order valence-corrected chi connectivity index (χ0v) is 14.7. The van der Waals surface area contributed by atoms with Crippen molar-refractivity contribution in [2.45, 2.75) is 68.1 Å². The summed E-state index contributed by atoms with van der Waals surface area (Å²) in [7, 11) is -2.26. The van der Waals surface area contributed by atoms with Crippen LogP contribution in [0.5, 0.6) is 0 Å². The van der Waals surface area contributed by atoms with Gasteiger partial charge in [0.05, 0.1) is 22.6 Å². The fraction of sp³-hybridized carbons (Fsp3) is 1.00. The molecule has 0 radical (unpaired) electrons. The molecule has 6 nitrogen and oxygen atoms in total. The summed E-state index contributed by atoms with van der Waals surface area (Å²) in [6.07, 6.45) is -0.454. The van der Waals surface area contributed by atoms with E-state index < -0.39 is 31.2 Å². The minimum atomic E-state index is -4.10. The molecule has 0 aromatic rings. The highest BCUT2D eigenvalue weighted by Gasteiger charge is 2.45. The van der Waals surface area contributed by atoms with Crippen molar-refractivity contribution in [1.82, 2.24) is 0 Å². The van der Waals surface area contributed by atoms with Crippen LogP contribution >= 0.6 is 23.5 Å². The molecule has 2 unspecified atom stereocenters. The predicted molar refractivity (Wildman–Crippen MR) is 81.8 cm³/mol. The maximum atomic E-state index is 11.8. The van der Waals surface area contributed by atoms with Crippen LogP contribution in [0.4, 0.5) is 0 Å². The van der Waals surface area contributed by atoms with E-state index in [0.29, 0.717) is 6.42 Å². The first kappa shape index (κ1) is 18.6.